The zero-order chi connectivity index (χ0) is 29.5. The fourth-order valence-electron chi connectivity index (χ4n) is 6.09. The number of allylic oxidation sites excluding steroid dienone is 1. The number of hydrogen-bond donors (Lipinski definition) is 3. The van der Waals surface area contributed by atoms with Crippen molar-refractivity contribution in [2.24, 2.45) is 11.1 Å². The van der Waals surface area contributed by atoms with Gasteiger partial charge in [0.05, 0.1) is 18.5 Å². The number of carbonyl (C=O) groups excluding carboxylic acids is 3. The molecule has 0 aromatic carbocycles. The molecule has 0 unspecified atom stereocenters. The average molecular weight is 582 g/mol. The quantitative estimate of drug-likeness (QED) is 0.263. The summed E-state index contributed by atoms with van der Waals surface area (Å²) in [5.74, 6) is -2.41. The number of aromatic nitrogens is 1. The Hall–Kier alpha value is -3.96. The summed E-state index contributed by atoms with van der Waals surface area (Å²) in [6, 6.07) is 3.47. The first kappa shape index (κ1) is 29.5. The fourth-order valence-corrected chi connectivity index (χ4v) is 6.09. The SMILES string of the molecule is O=C(N[C@H]1CCCCC/C=C\[C@@H]2C[C@]2(C(=O)O)NC(=O)[C@@H]2C[C@@H](O/N=C/c3ccccn3)CN2C1=O)OC1CCCC1. The summed E-state index contributed by atoms with van der Waals surface area (Å²) < 4.78 is 5.57. The van der Waals surface area contributed by atoms with Crippen LogP contribution in [0.25, 0.3) is 0 Å². The van der Waals surface area contributed by atoms with E-state index in [-0.39, 0.29) is 31.4 Å². The van der Waals surface area contributed by atoms with Gasteiger partial charge in [-0.05, 0) is 63.5 Å². The van der Waals surface area contributed by atoms with Crippen molar-refractivity contribution < 1.29 is 33.9 Å². The first-order valence-corrected chi connectivity index (χ1v) is 15.0. The van der Waals surface area contributed by atoms with Gasteiger partial charge in [-0.1, -0.05) is 36.2 Å². The van der Waals surface area contributed by atoms with Gasteiger partial charge in [0.1, 0.15) is 29.8 Å². The van der Waals surface area contributed by atoms with E-state index in [0.717, 1.165) is 44.9 Å². The van der Waals surface area contributed by atoms with E-state index >= 15 is 0 Å². The lowest BCUT2D eigenvalue weighted by Gasteiger charge is -2.29. The monoisotopic (exact) mass is 581 g/mol. The number of nitrogens with zero attached hydrogens (tertiary/aromatic N) is 3. The van der Waals surface area contributed by atoms with Gasteiger partial charge in [-0.3, -0.25) is 14.6 Å². The van der Waals surface area contributed by atoms with Gasteiger partial charge in [-0.25, -0.2) is 9.59 Å². The number of oxime groups is 1. The van der Waals surface area contributed by atoms with Gasteiger partial charge in [-0.2, -0.15) is 0 Å². The van der Waals surface area contributed by atoms with E-state index in [9.17, 15) is 24.3 Å². The molecule has 5 rings (SSSR count). The van der Waals surface area contributed by atoms with E-state index < -0.39 is 47.6 Å². The van der Waals surface area contributed by atoms with Gasteiger partial charge in [0.15, 0.2) is 0 Å². The first-order chi connectivity index (χ1) is 20.4. The van der Waals surface area contributed by atoms with Crippen molar-refractivity contribution in [2.75, 3.05) is 6.54 Å². The minimum atomic E-state index is -1.40. The van der Waals surface area contributed by atoms with Crippen molar-refractivity contribution in [3.63, 3.8) is 0 Å². The van der Waals surface area contributed by atoms with Crippen LogP contribution in [0.2, 0.25) is 0 Å². The smallest absolute Gasteiger partial charge is 0.408 e. The summed E-state index contributed by atoms with van der Waals surface area (Å²) in [6.07, 6.45) is 13.0. The van der Waals surface area contributed by atoms with Crippen LogP contribution in [0, 0.1) is 5.92 Å². The molecule has 226 valence electrons. The lowest BCUT2D eigenvalue weighted by atomic mass is 10.0. The number of carboxylic acids is 1. The van der Waals surface area contributed by atoms with Crippen molar-refractivity contribution >= 4 is 30.1 Å². The minimum Gasteiger partial charge on any atom is -0.479 e. The van der Waals surface area contributed by atoms with Gasteiger partial charge >= 0.3 is 12.1 Å². The van der Waals surface area contributed by atoms with Crippen LogP contribution in [0.1, 0.15) is 76.3 Å². The zero-order valence-electron chi connectivity index (χ0n) is 23.7. The molecule has 2 saturated carbocycles. The molecule has 1 saturated heterocycles. The molecule has 0 spiro atoms. The maximum absolute atomic E-state index is 14.0. The van der Waals surface area contributed by atoms with Crippen molar-refractivity contribution in [1.29, 1.82) is 0 Å². The Morgan fingerprint density at radius 2 is 1.93 bits per heavy atom. The second kappa shape index (κ2) is 13.3. The maximum Gasteiger partial charge on any atom is 0.408 e. The van der Waals surface area contributed by atoms with Crippen LogP contribution in [0.3, 0.4) is 0 Å². The molecule has 3 N–H and O–H groups in total. The molecule has 12 nitrogen and oxygen atoms in total. The van der Waals surface area contributed by atoms with Gasteiger partial charge < -0.3 is 30.2 Å². The maximum atomic E-state index is 14.0. The second-order valence-electron chi connectivity index (χ2n) is 11.6. The van der Waals surface area contributed by atoms with Crippen molar-refractivity contribution in [1.82, 2.24) is 20.5 Å². The topological polar surface area (TPSA) is 160 Å². The number of fused-ring (bicyclic) bond motifs is 2. The number of amides is 3. The highest BCUT2D eigenvalue weighted by Gasteiger charge is 2.61. The van der Waals surface area contributed by atoms with Crippen LogP contribution in [-0.4, -0.2) is 81.5 Å². The van der Waals surface area contributed by atoms with E-state index in [0.29, 0.717) is 18.5 Å². The van der Waals surface area contributed by atoms with Crippen LogP contribution in [0.15, 0.2) is 41.7 Å². The Balaban J connectivity index is 1.35. The number of nitrogens with one attached hydrogen (secondary N) is 2. The number of carbonyl (C=O) groups is 4. The number of carboxylic acid groups (broad SMARTS) is 1. The lowest BCUT2D eigenvalue weighted by Crippen LogP contribution is -2.56. The molecule has 4 aliphatic rings. The largest absolute Gasteiger partial charge is 0.479 e. The van der Waals surface area contributed by atoms with Crippen LogP contribution in [0.4, 0.5) is 4.79 Å². The number of pyridine rings is 1. The summed E-state index contributed by atoms with van der Waals surface area (Å²) in [5.41, 5.74) is -0.818. The molecule has 0 bridgehead atoms. The third kappa shape index (κ3) is 7.08. The number of ether oxygens (including phenoxy) is 1. The van der Waals surface area contributed by atoms with E-state index in [1.54, 1.807) is 18.3 Å². The van der Waals surface area contributed by atoms with Gasteiger partial charge in [0.2, 0.25) is 11.8 Å². The Morgan fingerprint density at radius 3 is 2.69 bits per heavy atom. The molecule has 42 heavy (non-hydrogen) atoms. The summed E-state index contributed by atoms with van der Waals surface area (Å²) in [5, 5.41) is 19.5. The highest BCUT2D eigenvalue weighted by molar-refractivity contribution is 5.96. The number of aliphatic carboxylic acids is 1. The number of hydrogen-bond acceptors (Lipinski definition) is 8. The normalized spacial score (nSPS) is 31.3. The summed E-state index contributed by atoms with van der Waals surface area (Å²) >= 11 is 0. The van der Waals surface area contributed by atoms with Crippen LogP contribution in [0.5, 0.6) is 0 Å². The van der Waals surface area contributed by atoms with Crippen LogP contribution in [-0.2, 0) is 24.0 Å². The van der Waals surface area contributed by atoms with E-state index in [1.807, 2.05) is 18.2 Å². The fraction of sp³-hybridized carbons (Fsp3) is 0.600. The molecule has 0 radical (unpaired) electrons. The highest BCUT2D eigenvalue weighted by Crippen LogP contribution is 2.45. The Morgan fingerprint density at radius 1 is 1.12 bits per heavy atom. The average Bonchev–Trinajstić information content (AvgIpc) is 3.27. The molecule has 1 aromatic heterocycles. The van der Waals surface area contributed by atoms with E-state index in [1.165, 1.54) is 11.1 Å². The molecular weight excluding hydrogens is 542 g/mol. The lowest BCUT2D eigenvalue weighted by molar-refractivity contribution is -0.145. The second-order valence-corrected chi connectivity index (χ2v) is 11.6. The Bertz CT molecular complexity index is 1200. The molecule has 3 heterocycles. The Kier molecular flexibility index (Phi) is 9.38. The zero-order valence-corrected chi connectivity index (χ0v) is 23.7. The van der Waals surface area contributed by atoms with E-state index in [4.69, 9.17) is 9.57 Å². The third-order valence-corrected chi connectivity index (χ3v) is 8.57. The predicted octanol–water partition coefficient (Wildman–Crippen LogP) is 2.92. The van der Waals surface area contributed by atoms with Crippen LogP contribution < -0.4 is 10.6 Å². The standard InChI is InChI=1S/C30H39N5O7/c36-26-25-16-23(42-32-18-21-11-8-9-15-31-21)19-35(25)27(37)24(33-29(40)41-22-12-6-7-13-22)14-5-3-1-2-4-10-20-17-30(20,34-26)28(38)39/h4,8-11,15,18,20,22-25H,1-3,5-7,12-14,16-17,19H2,(H,33,40)(H,34,36)(H,38,39)/b10-4-,32-18+/t20-,23-,24+,25+,30+/m1/s1. The molecule has 3 fully saturated rings. The van der Waals surface area contributed by atoms with Crippen molar-refractivity contribution in [3.05, 3.63) is 42.2 Å². The first-order valence-electron chi connectivity index (χ1n) is 15.0. The summed E-state index contributed by atoms with van der Waals surface area (Å²) in [4.78, 5) is 63.8. The summed E-state index contributed by atoms with van der Waals surface area (Å²) in [7, 11) is 0. The third-order valence-electron chi connectivity index (χ3n) is 8.57. The number of rotatable bonds is 6. The Labute approximate surface area is 244 Å². The molecule has 1 aromatic rings. The predicted molar refractivity (Wildman–Crippen MR) is 151 cm³/mol. The van der Waals surface area contributed by atoms with Crippen molar-refractivity contribution in [2.45, 2.75) is 100 Å². The molecule has 3 amide bonds. The summed E-state index contributed by atoms with van der Waals surface area (Å²) in [6.45, 7) is 0.0513. The minimum absolute atomic E-state index is 0.0513. The molecule has 12 heteroatoms. The van der Waals surface area contributed by atoms with Crippen LogP contribution >= 0.6 is 0 Å². The van der Waals surface area contributed by atoms with Gasteiger partial charge in [0, 0.05) is 18.5 Å². The molecule has 5 atom stereocenters. The van der Waals surface area contributed by atoms with Gasteiger partial charge in [0.25, 0.3) is 0 Å². The van der Waals surface area contributed by atoms with Crippen molar-refractivity contribution in [3.8, 4) is 0 Å². The number of alkyl carbamates (subject to hydrolysis) is 1. The molecule has 2 aliphatic heterocycles. The van der Waals surface area contributed by atoms with E-state index in [2.05, 4.69) is 20.8 Å². The molecule has 2 aliphatic carbocycles. The van der Waals surface area contributed by atoms with Gasteiger partial charge in [-0.15, -0.1) is 0 Å². The highest BCUT2D eigenvalue weighted by atomic mass is 16.6. The molecular formula is C30H39N5O7.